The molecule has 0 saturated heterocycles. The number of rotatable bonds is 6. The van der Waals surface area contributed by atoms with E-state index in [2.05, 4.69) is 22.9 Å². The highest BCUT2D eigenvalue weighted by atomic mass is 79.9. The zero-order valence-electron chi connectivity index (χ0n) is 11.9. The quantitative estimate of drug-likeness (QED) is 0.761. The van der Waals surface area contributed by atoms with E-state index in [9.17, 15) is 5.11 Å². The fourth-order valence-electron chi connectivity index (χ4n) is 2.02. The van der Waals surface area contributed by atoms with Crippen LogP contribution in [0.3, 0.4) is 0 Å². The van der Waals surface area contributed by atoms with Crippen molar-refractivity contribution in [3.05, 3.63) is 63.1 Å². The van der Waals surface area contributed by atoms with Gasteiger partial charge < -0.3 is 9.84 Å². The van der Waals surface area contributed by atoms with Gasteiger partial charge >= 0.3 is 0 Å². The highest BCUT2D eigenvalue weighted by Gasteiger charge is 2.11. The summed E-state index contributed by atoms with van der Waals surface area (Å²) in [5.74, 6) is 0.805. The van der Waals surface area contributed by atoms with Gasteiger partial charge in [0, 0.05) is 11.4 Å². The molecule has 0 radical (unpaired) electrons. The van der Waals surface area contributed by atoms with Crippen LogP contribution in [0.2, 0.25) is 5.02 Å². The zero-order chi connectivity index (χ0) is 15.2. The van der Waals surface area contributed by atoms with Gasteiger partial charge in [0.15, 0.2) is 0 Å². The van der Waals surface area contributed by atoms with Crippen molar-refractivity contribution >= 4 is 27.5 Å². The lowest BCUT2D eigenvalue weighted by atomic mass is 10.0. The number of aliphatic hydroxyl groups excluding tert-OH is 1. The van der Waals surface area contributed by atoms with Gasteiger partial charge in [-0.25, -0.2) is 0 Å². The molecule has 2 aromatic carbocycles. The normalized spacial score (nSPS) is 12.2. The summed E-state index contributed by atoms with van der Waals surface area (Å²) in [6.07, 6.45) is 0.967. The Hall–Kier alpha value is -1.03. The fourth-order valence-corrected chi connectivity index (χ4v) is 2.65. The van der Waals surface area contributed by atoms with Crippen LogP contribution in [0, 0.1) is 0 Å². The first kappa shape index (κ1) is 16.3. The predicted octanol–water partition coefficient (Wildman–Crippen LogP) is 5.17. The molecule has 0 bridgehead atoms. The van der Waals surface area contributed by atoms with Crippen LogP contribution in [0.4, 0.5) is 0 Å². The first-order valence-electron chi connectivity index (χ1n) is 6.95. The van der Waals surface area contributed by atoms with Crippen LogP contribution in [0.1, 0.15) is 30.6 Å². The number of aliphatic hydroxyl groups is 1. The first-order valence-corrected chi connectivity index (χ1v) is 8.12. The lowest BCUT2D eigenvalue weighted by Crippen LogP contribution is -2.03. The Morgan fingerprint density at radius 2 is 1.90 bits per heavy atom. The van der Waals surface area contributed by atoms with E-state index in [1.165, 1.54) is 0 Å². The second kappa shape index (κ2) is 7.83. The Labute approximate surface area is 138 Å². The van der Waals surface area contributed by atoms with Crippen molar-refractivity contribution in [3.8, 4) is 5.75 Å². The Bertz CT molecular complexity index is 584. The molecular weight excluding hydrogens is 352 g/mol. The topological polar surface area (TPSA) is 29.5 Å². The van der Waals surface area contributed by atoms with Crippen molar-refractivity contribution in [3.63, 3.8) is 0 Å². The average Bonchev–Trinajstić information content (AvgIpc) is 2.48. The molecule has 0 aliphatic heterocycles. The highest BCUT2D eigenvalue weighted by molar-refractivity contribution is 9.10. The van der Waals surface area contributed by atoms with Gasteiger partial charge in [-0.05, 0) is 57.7 Å². The van der Waals surface area contributed by atoms with Crippen LogP contribution in [0.15, 0.2) is 46.9 Å². The van der Waals surface area contributed by atoms with Crippen LogP contribution >= 0.6 is 27.5 Å². The minimum absolute atomic E-state index is 0.553. The molecule has 2 rings (SSSR count). The molecule has 1 atom stereocenters. The smallest absolute Gasteiger partial charge is 0.133 e. The van der Waals surface area contributed by atoms with E-state index < -0.39 is 6.10 Å². The number of benzene rings is 2. The molecule has 0 fully saturated rings. The Kier molecular flexibility index (Phi) is 6.09. The molecule has 0 aromatic heterocycles. The molecule has 0 saturated carbocycles. The number of hydrogen-bond donors (Lipinski definition) is 1. The molecule has 112 valence electrons. The van der Waals surface area contributed by atoms with E-state index in [-0.39, 0.29) is 0 Å². The summed E-state index contributed by atoms with van der Waals surface area (Å²) in [6.45, 7) is 2.75. The Balaban J connectivity index is 2.06. The average molecular weight is 370 g/mol. The third-order valence-electron chi connectivity index (χ3n) is 3.14. The fraction of sp³-hybridized carbons (Fsp3) is 0.294. The van der Waals surface area contributed by atoms with Gasteiger partial charge in [0.1, 0.15) is 5.75 Å². The van der Waals surface area contributed by atoms with E-state index in [1.54, 1.807) is 0 Å². The van der Waals surface area contributed by atoms with E-state index in [4.69, 9.17) is 16.3 Å². The summed E-state index contributed by atoms with van der Waals surface area (Å²) in [4.78, 5) is 0. The van der Waals surface area contributed by atoms with Crippen molar-refractivity contribution in [2.75, 3.05) is 6.61 Å². The summed E-state index contributed by atoms with van der Waals surface area (Å²) < 4.78 is 6.47. The largest absolute Gasteiger partial charge is 0.492 e. The molecule has 2 aromatic rings. The molecule has 0 amide bonds. The van der Waals surface area contributed by atoms with Gasteiger partial charge in [-0.3, -0.25) is 0 Å². The molecular formula is C17H18BrClO2. The summed E-state index contributed by atoms with van der Waals surface area (Å²) in [7, 11) is 0. The minimum Gasteiger partial charge on any atom is -0.492 e. The van der Waals surface area contributed by atoms with E-state index in [0.717, 1.165) is 27.8 Å². The standard InChI is InChI=1S/C17H18BrClO2/c1-2-9-21-17-8-5-13(11-15(17)18)16(20)10-12-3-6-14(19)7-4-12/h3-8,11,16,20H,2,9-10H2,1H3. The zero-order valence-corrected chi connectivity index (χ0v) is 14.2. The van der Waals surface area contributed by atoms with Gasteiger partial charge in [0.2, 0.25) is 0 Å². The van der Waals surface area contributed by atoms with Crippen molar-refractivity contribution < 1.29 is 9.84 Å². The lowest BCUT2D eigenvalue weighted by Gasteiger charge is -2.14. The van der Waals surface area contributed by atoms with Gasteiger partial charge in [-0.15, -0.1) is 0 Å². The second-order valence-electron chi connectivity index (χ2n) is 4.88. The van der Waals surface area contributed by atoms with Gasteiger partial charge in [-0.2, -0.15) is 0 Å². The van der Waals surface area contributed by atoms with E-state index in [0.29, 0.717) is 18.1 Å². The summed E-state index contributed by atoms with van der Waals surface area (Å²) in [6, 6.07) is 13.2. The second-order valence-corrected chi connectivity index (χ2v) is 6.18. The van der Waals surface area contributed by atoms with Crippen LogP contribution in [-0.4, -0.2) is 11.7 Å². The molecule has 0 aliphatic rings. The van der Waals surface area contributed by atoms with E-state index >= 15 is 0 Å². The Morgan fingerprint density at radius 3 is 2.52 bits per heavy atom. The molecule has 0 aliphatic carbocycles. The van der Waals surface area contributed by atoms with E-state index in [1.807, 2.05) is 42.5 Å². The number of ether oxygens (including phenoxy) is 1. The summed E-state index contributed by atoms with van der Waals surface area (Å²) >= 11 is 9.35. The van der Waals surface area contributed by atoms with Crippen LogP contribution in [0.5, 0.6) is 5.75 Å². The maximum atomic E-state index is 10.3. The van der Waals surface area contributed by atoms with Crippen molar-refractivity contribution in [2.45, 2.75) is 25.9 Å². The van der Waals surface area contributed by atoms with Crippen molar-refractivity contribution in [1.82, 2.24) is 0 Å². The van der Waals surface area contributed by atoms with Crippen LogP contribution in [-0.2, 0) is 6.42 Å². The third kappa shape index (κ3) is 4.73. The maximum absolute atomic E-state index is 10.3. The monoisotopic (exact) mass is 368 g/mol. The van der Waals surface area contributed by atoms with Gasteiger partial charge in [-0.1, -0.05) is 36.7 Å². The minimum atomic E-state index is -0.553. The molecule has 0 spiro atoms. The first-order chi connectivity index (χ1) is 10.1. The van der Waals surface area contributed by atoms with Crippen molar-refractivity contribution in [2.24, 2.45) is 0 Å². The SMILES string of the molecule is CCCOc1ccc(C(O)Cc2ccc(Cl)cc2)cc1Br. The molecule has 1 N–H and O–H groups in total. The van der Waals surface area contributed by atoms with Crippen molar-refractivity contribution in [1.29, 1.82) is 0 Å². The van der Waals surface area contributed by atoms with Crippen LogP contribution in [0.25, 0.3) is 0 Å². The molecule has 4 heteroatoms. The summed E-state index contributed by atoms with van der Waals surface area (Å²) in [5.41, 5.74) is 1.91. The predicted molar refractivity (Wildman–Crippen MR) is 90.0 cm³/mol. The Morgan fingerprint density at radius 1 is 1.19 bits per heavy atom. The lowest BCUT2D eigenvalue weighted by molar-refractivity contribution is 0.178. The third-order valence-corrected chi connectivity index (χ3v) is 4.02. The van der Waals surface area contributed by atoms with Gasteiger partial charge in [0.05, 0.1) is 17.2 Å². The molecule has 1 unspecified atom stereocenters. The molecule has 21 heavy (non-hydrogen) atoms. The van der Waals surface area contributed by atoms with Gasteiger partial charge in [0.25, 0.3) is 0 Å². The highest BCUT2D eigenvalue weighted by Crippen LogP contribution is 2.29. The number of hydrogen-bond acceptors (Lipinski definition) is 2. The molecule has 0 heterocycles. The maximum Gasteiger partial charge on any atom is 0.133 e. The number of halogens is 2. The molecule has 2 nitrogen and oxygen atoms in total. The summed E-state index contributed by atoms with van der Waals surface area (Å²) in [5, 5.41) is 11.0. The van der Waals surface area contributed by atoms with Crippen LogP contribution < -0.4 is 4.74 Å².